The van der Waals surface area contributed by atoms with E-state index in [2.05, 4.69) is 15.1 Å². The van der Waals surface area contributed by atoms with Gasteiger partial charge in [-0.1, -0.05) is 6.07 Å². The number of ether oxygens (including phenoxy) is 2. The Hall–Kier alpha value is -1.54. The molecule has 7 heteroatoms. The quantitative estimate of drug-likeness (QED) is 0.798. The minimum Gasteiger partial charge on any atom is -0.342 e. The van der Waals surface area contributed by atoms with E-state index in [1.165, 1.54) is 0 Å². The van der Waals surface area contributed by atoms with Crippen LogP contribution in [0.5, 0.6) is 0 Å². The molecular weight excluding hydrogens is 262 g/mol. The van der Waals surface area contributed by atoms with Crippen LogP contribution in [0.1, 0.15) is 25.5 Å². The van der Waals surface area contributed by atoms with E-state index < -0.39 is 5.79 Å². The zero-order valence-electron chi connectivity index (χ0n) is 11.4. The molecule has 1 aromatic heterocycles. The van der Waals surface area contributed by atoms with Gasteiger partial charge in [-0.3, -0.25) is 9.63 Å². The first-order chi connectivity index (χ1) is 9.64. The van der Waals surface area contributed by atoms with Crippen molar-refractivity contribution in [2.45, 2.75) is 32.2 Å². The van der Waals surface area contributed by atoms with Gasteiger partial charge in [0, 0.05) is 0 Å². The van der Waals surface area contributed by atoms with E-state index in [1.54, 1.807) is 25.1 Å². The van der Waals surface area contributed by atoms with Crippen molar-refractivity contribution >= 4 is 11.7 Å². The minimum absolute atomic E-state index is 0.175. The number of aromatic nitrogens is 1. The third-order valence-electron chi connectivity index (χ3n) is 2.99. The molecule has 2 rings (SSSR count). The van der Waals surface area contributed by atoms with Crippen LogP contribution in [0.3, 0.4) is 0 Å². The number of carbonyl (C=O) groups is 1. The number of pyridine rings is 1. The topological polar surface area (TPSA) is 95.7 Å². The molecule has 0 aliphatic carbocycles. The Morgan fingerprint density at radius 1 is 1.45 bits per heavy atom. The Morgan fingerprint density at radius 2 is 2.15 bits per heavy atom. The van der Waals surface area contributed by atoms with Gasteiger partial charge in [0.1, 0.15) is 12.4 Å². The van der Waals surface area contributed by atoms with Gasteiger partial charge in [-0.15, -0.1) is 0 Å². The van der Waals surface area contributed by atoms with Crippen molar-refractivity contribution < 1.29 is 19.1 Å². The van der Waals surface area contributed by atoms with E-state index in [0.29, 0.717) is 24.7 Å². The molecule has 1 aliphatic rings. The predicted molar refractivity (Wildman–Crippen MR) is 71.4 cm³/mol. The molecule has 0 saturated carbocycles. The molecule has 0 unspecified atom stereocenters. The highest BCUT2D eigenvalue weighted by Crippen LogP contribution is 2.20. The summed E-state index contributed by atoms with van der Waals surface area (Å²) in [6, 6.07) is 5.19. The highest BCUT2D eigenvalue weighted by atomic mass is 16.7. The maximum Gasteiger partial charge on any atom is 0.285 e. The first kappa shape index (κ1) is 14.9. The van der Waals surface area contributed by atoms with Crippen molar-refractivity contribution in [1.82, 2.24) is 4.98 Å². The van der Waals surface area contributed by atoms with Crippen LogP contribution in [0.15, 0.2) is 18.2 Å². The fourth-order valence-corrected chi connectivity index (χ4v) is 1.86. The van der Waals surface area contributed by atoms with E-state index >= 15 is 0 Å². The SMILES string of the molecule is CC1(C(=O)Nc2cccc(CON)n2)OCCCCO1. The van der Waals surface area contributed by atoms with Crippen molar-refractivity contribution in [3.05, 3.63) is 23.9 Å². The third kappa shape index (κ3) is 3.73. The third-order valence-corrected chi connectivity index (χ3v) is 2.99. The van der Waals surface area contributed by atoms with E-state index in [9.17, 15) is 4.79 Å². The second-order valence-corrected chi connectivity index (χ2v) is 4.63. The van der Waals surface area contributed by atoms with Crippen molar-refractivity contribution in [1.29, 1.82) is 0 Å². The van der Waals surface area contributed by atoms with Crippen molar-refractivity contribution in [2.75, 3.05) is 18.5 Å². The number of anilines is 1. The summed E-state index contributed by atoms with van der Waals surface area (Å²) in [6.45, 7) is 2.78. The second-order valence-electron chi connectivity index (χ2n) is 4.63. The minimum atomic E-state index is -1.28. The van der Waals surface area contributed by atoms with Crippen molar-refractivity contribution in [3.8, 4) is 0 Å². The molecule has 0 bridgehead atoms. The van der Waals surface area contributed by atoms with Gasteiger partial charge in [-0.2, -0.15) is 0 Å². The molecule has 20 heavy (non-hydrogen) atoms. The molecule has 0 atom stereocenters. The largest absolute Gasteiger partial charge is 0.342 e. The van der Waals surface area contributed by atoms with E-state index in [0.717, 1.165) is 12.8 Å². The van der Waals surface area contributed by atoms with Gasteiger partial charge < -0.3 is 14.8 Å². The Kier molecular flexibility index (Phi) is 5.02. The number of hydrogen-bond acceptors (Lipinski definition) is 6. The smallest absolute Gasteiger partial charge is 0.285 e. The Morgan fingerprint density at radius 3 is 2.80 bits per heavy atom. The molecule has 0 radical (unpaired) electrons. The van der Waals surface area contributed by atoms with Crippen LogP contribution in [0.2, 0.25) is 0 Å². The summed E-state index contributed by atoms with van der Waals surface area (Å²) in [6.07, 6.45) is 1.76. The molecular formula is C13H19N3O4. The molecule has 3 N–H and O–H groups in total. The average molecular weight is 281 g/mol. The molecule has 1 aliphatic heterocycles. The van der Waals surface area contributed by atoms with Crippen LogP contribution in [0, 0.1) is 0 Å². The van der Waals surface area contributed by atoms with Crippen LogP contribution in [-0.2, 0) is 25.7 Å². The number of nitrogens with zero attached hydrogens (tertiary/aromatic N) is 1. The Bertz CT molecular complexity index is 459. The molecule has 1 fully saturated rings. The van der Waals surface area contributed by atoms with E-state index in [1.807, 2.05) is 0 Å². The molecule has 0 spiro atoms. The second kappa shape index (κ2) is 6.76. The monoisotopic (exact) mass is 281 g/mol. The van der Waals surface area contributed by atoms with E-state index in [4.69, 9.17) is 15.4 Å². The summed E-state index contributed by atoms with van der Waals surface area (Å²) in [5.74, 6) is 3.75. The Labute approximate surface area is 117 Å². The summed E-state index contributed by atoms with van der Waals surface area (Å²) in [5, 5.41) is 2.68. The van der Waals surface area contributed by atoms with Gasteiger partial charge in [0.25, 0.3) is 5.91 Å². The molecule has 110 valence electrons. The Balaban J connectivity index is 2.04. The highest BCUT2D eigenvalue weighted by molar-refractivity contribution is 5.95. The number of nitrogens with one attached hydrogen (secondary N) is 1. The lowest BCUT2D eigenvalue weighted by Crippen LogP contribution is -2.45. The molecule has 0 aromatic carbocycles. The maximum absolute atomic E-state index is 12.3. The summed E-state index contributed by atoms with van der Waals surface area (Å²) >= 11 is 0. The van der Waals surface area contributed by atoms with Crippen LogP contribution >= 0.6 is 0 Å². The lowest BCUT2D eigenvalue weighted by molar-refractivity contribution is -0.208. The average Bonchev–Trinajstić information content (AvgIpc) is 2.65. The van der Waals surface area contributed by atoms with Gasteiger partial charge in [0.2, 0.25) is 5.79 Å². The fourth-order valence-electron chi connectivity index (χ4n) is 1.86. The first-order valence-corrected chi connectivity index (χ1v) is 6.51. The normalized spacial score (nSPS) is 18.3. The lowest BCUT2D eigenvalue weighted by Gasteiger charge is -2.26. The van der Waals surface area contributed by atoms with Crippen LogP contribution in [-0.4, -0.2) is 29.9 Å². The zero-order valence-corrected chi connectivity index (χ0v) is 11.4. The number of carbonyl (C=O) groups excluding carboxylic acids is 1. The number of amides is 1. The molecule has 1 saturated heterocycles. The van der Waals surface area contributed by atoms with Crippen LogP contribution < -0.4 is 11.2 Å². The fraction of sp³-hybridized carbons (Fsp3) is 0.538. The predicted octanol–water partition coefficient (Wildman–Crippen LogP) is 0.954. The number of nitrogens with two attached hydrogens (primary N) is 1. The summed E-state index contributed by atoms with van der Waals surface area (Å²) < 4.78 is 11.0. The van der Waals surface area contributed by atoms with Crippen LogP contribution in [0.4, 0.5) is 5.82 Å². The highest BCUT2D eigenvalue weighted by Gasteiger charge is 2.36. The van der Waals surface area contributed by atoms with Gasteiger partial charge in [0.15, 0.2) is 0 Å². The van der Waals surface area contributed by atoms with Gasteiger partial charge >= 0.3 is 0 Å². The summed E-state index contributed by atoms with van der Waals surface area (Å²) in [5.41, 5.74) is 0.623. The van der Waals surface area contributed by atoms with Gasteiger partial charge in [-0.25, -0.2) is 10.9 Å². The molecule has 1 amide bonds. The zero-order chi connectivity index (χ0) is 14.4. The standard InChI is InChI=1S/C13H19N3O4/c1-13(18-7-2-3-8-19-13)12(17)16-11-6-4-5-10(15-11)9-20-14/h4-6H,2-3,7-9,14H2,1H3,(H,15,16,17). The van der Waals surface area contributed by atoms with E-state index in [-0.39, 0.29) is 12.5 Å². The maximum atomic E-state index is 12.3. The van der Waals surface area contributed by atoms with Crippen molar-refractivity contribution in [3.63, 3.8) is 0 Å². The molecule has 1 aromatic rings. The number of hydrogen-bond donors (Lipinski definition) is 2. The van der Waals surface area contributed by atoms with Gasteiger partial charge in [-0.05, 0) is 31.9 Å². The van der Waals surface area contributed by atoms with Crippen molar-refractivity contribution in [2.24, 2.45) is 5.90 Å². The van der Waals surface area contributed by atoms with Gasteiger partial charge in [0.05, 0.1) is 18.9 Å². The first-order valence-electron chi connectivity index (χ1n) is 6.51. The summed E-state index contributed by atoms with van der Waals surface area (Å²) in [7, 11) is 0. The molecule has 2 heterocycles. The number of rotatable bonds is 4. The van der Waals surface area contributed by atoms with Crippen LogP contribution in [0.25, 0.3) is 0 Å². The summed E-state index contributed by atoms with van der Waals surface area (Å²) in [4.78, 5) is 21.0. The lowest BCUT2D eigenvalue weighted by atomic mass is 10.3. The molecule has 7 nitrogen and oxygen atoms in total.